The molecule has 2 bridgehead atoms. The van der Waals surface area contributed by atoms with Crippen molar-refractivity contribution in [1.29, 1.82) is 0 Å². The number of hydrogen-bond acceptors (Lipinski definition) is 1. The second-order valence-electron chi connectivity index (χ2n) is 2.74. The largest absolute Gasteiger partial charge is 0.289 e. The first kappa shape index (κ1) is 7.99. The number of carbonyl (C=O) groups excluding carboxylic acids is 1. The average Bonchev–Trinajstić information content (AvgIpc) is 2.34. The van der Waals surface area contributed by atoms with Crippen molar-refractivity contribution >= 4 is 5.78 Å². The van der Waals surface area contributed by atoms with E-state index in [9.17, 15) is 4.79 Å². The Morgan fingerprint density at radius 1 is 1.00 bits per heavy atom. The van der Waals surface area contributed by atoms with Crippen molar-refractivity contribution in [3.05, 3.63) is 34.4 Å². The van der Waals surface area contributed by atoms with Gasteiger partial charge in [0.15, 0.2) is 5.78 Å². The zero-order chi connectivity index (χ0) is 7.30. The van der Waals surface area contributed by atoms with Gasteiger partial charge in [0.2, 0.25) is 0 Å². The Morgan fingerprint density at radius 3 is 1.55 bits per heavy atom. The topological polar surface area (TPSA) is 17.1 Å². The van der Waals surface area contributed by atoms with Crippen molar-refractivity contribution in [2.75, 3.05) is 0 Å². The molecule has 0 amide bonds. The highest BCUT2D eigenvalue weighted by Crippen LogP contribution is 2.35. The summed E-state index contributed by atoms with van der Waals surface area (Å²) in [6.07, 6.45) is 3.81. The molecule has 0 aromatic carbocycles. The summed E-state index contributed by atoms with van der Waals surface area (Å²) in [5, 5.41) is 0. The average molecular weight is 148 g/mol. The van der Waals surface area contributed by atoms with Gasteiger partial charge in [0.1, 0.15) is 0 Å². The molecule has 0 unspecified atom stereocenters. The van der Waals surface area contributed by atoms with Gasteiger partial charge in [-0.3, -0.25) is 4.79 Å². The Labute approximate surface area is 67.1 Å². The molecule has 2 aliphatic carbocycles. The SMILES string of the molecule is C.CC1=C2C=CC(=C1C)C2=O. The van der Waals surface area contributed by atoms with E-state index in [2.05, 4.69) is 0 Å². The maximum Gasteiger partial charge on any atom is 0.193 e. The van der Waals surface area contributed by atoms with Crippen LogP contribution >= 0.6 is 0 Å². The van der Waals surface area contributed by atoms with E-state index in [0.717, 1.165) is 22.3 Å². The van der Waals surface area contributed by atoms with Crippen LogP contribution in [0.4, 0.5) is 0 Å². The molecule has 0 aromatic rings. The zero-order valence-corrected chi connectivity index (χ0v) is 6.06. The van der Waals surface area contributed by atoms with Gasteiger partial charge >= 0.3 is 0 Å². The summed E-state index contributed by atoms with van der Waals surface area (Å²) in [5.41, 5.74) is 4.10. The van der Waals surface area contributed by atoms with Crippen LogP contribution in [0.5, 0.6) is 0 Å². The third-order valence-electron chi connectivity index (χ3n) is 2.28. The van der Waals surface area contributed by atoms with Gasteiger partial charge in [0, 0.05) is 11.1 Å². The Balaban J connectivity index is 0.000000605. The van der Waals surface area contributed by atoms with Gasteiger partial charge in [0.25, 0.3) is 0 Å². The van der Waals surface area contributed by atoms with E-state index in [4.69, 9.17) is 0 Å². The van der Waals surface area contributed by atoms with E-state index < -0.39 is 0 Å². The Morgan fingerprint density at radius 2 is 1.36 bits per heavy atom. The van der Waals surface area contributed by atoms with Crippen LogP contribution in [-0.2, 0) is 4.79 Å². The lowest BCUT2D eigenvalue weighted by Crippen LogP contribution is -1.90. The summed E-state index contributed by atoms with van der Waals surface area (Å²) in [5.74, 6) is 0.218. The summed E-state index contributed by atoms with van der Waals surface area (Å²) < 4.78 is 0. The van der Waals surface area contributed by atoms with Crippen molar-refractivity contribution in [1.82, 2.24) is 0 Å². The smallest absolute Gasteiger partial charge is 0.193 e. The summed E-state index contributed by atoms with van der Waals surface area (Å²) in [6.45, 7) is 4.00. The fourth-order valence-corrected chi connectivity index (χ4v) is 1.46. The second kappa shape index (κ2) is 2.19. The molecule has 0 aromatic heterocycles. The number of carbonyl (C=O) groups is 1. The van der Waals surface area contributed by atoms with Gasteiger partial charge in [-0.15, -0.1) is 0 Å². The van der Waals surface area contributed by atoms with Gasteiger partial charge in [-0.25, -0.2) is 0 Å². The van der Waals surface area contributed by atoms with Crippen molar-refractivity contribution < 1.29 is 4.79 Å². The highest BCUT2D eigenvalue weighted by molar-refractivity contribution is 6.19. The Bertz CT molecular complexity index is 284. The van der Waals surface area contributed by atoms with Crippen LogP contribution in [0, 0.1) is 0 Å². The molecule has 2 rings (SSSR count). The highest BCUT2D eigenvalue weighted by Gasteiger charge is 2.28. The molecule has 0 atom stereocenters. The molecule has 2 aliphatic rings. The number of hydrogen-bond donors (Lipinski definition) is 0. The summed E-state index contributed by atoms with van der Waals surface area (Å²) in [6, 6.07) is 0. The predicted octanol–water partition coefficient (Wildman–Crippen LogP) is 2.41. The first-order chi connectivity index (χ1) is 4.72. The monoisotopic (exact) mass is 148 g/mol. The maximum absolute atomic E-state index is 11.2. The molecule has 0 heterocycles. The number of fused-ring (bicyclic) bond motifs is 2. The zero-order valence-electron chi connectivity index (χ0n) is 6.06. The molecule has 1 heteroatoms. The molecule has 11 heavy (non-hydrogen) atoms. The fraction of sp³-hybridized carbons (Fsp3) is 0.300. The van der Waals surface area contributed by atoms with Crippen LogP contribution in [0.15, 0.2) is 34.4 Å². The summed E-state index contributed by atoms with van der Waals surface area (Å²) in [7, 11) is 0. The van der Waals surface area contributed by atoms with Gasteiger partial charge in [-0.2, -0.15) is 0 Å². The predicted molar refractivity (Wildman–Crippen MR) is 46.3 cm³/mol. The fourth-order valence-electron chi connectivity index (χ4n) is 1.46. The standard InChI is InChI=1S/C9H8O.CH4/c1-5-6(2)8-4-3-7(5)9(8)10;/h3-4H,1-2H3;1H4. The molecule has 0 saturated heterocycles. The van der Waals surface area contributed by atoms with Crippen molar-refractivity contribution in [3.63, 3.8) is 0 Å². The molecule has 0 N–H and O–H groups in total. The first-order valence-electron chi connectivity index (χ1n) is 3.36. The molecular formula is C10H12O. The lowest BCUT2D eigenvalue weighted by molar-refractivity contribution is -0.111. The lowest BCUT2D eigenvalue weighted by Gasteiger charge is -1.97. The lowest BCUT2D eigenvalue weighted by atomic mass is 10.1. The normalized spacial score (nSPS) is 20.0. The minimum Gasteiger partial charge on any atom is -0.289 e. The van der Waals surface area contributed by atoms with E-state index in [1.165, 1.54) is 0 Å². The second-order valence-corrected chi connectivity index (χ2v) is 2.74. The van der Waals surface area contributed by atoms with E-state index in [1.54, 1.807) is 0 Å². The molecular weight excluding hydrogens is 136 g/mol. The van der Waals surface area contributed by atoms with Crippen LogP contribution < -0.4 is 0 Å². The van der Waals surface area contributed by atoms with Crippen molar-refractivity contribution in [2.24, 2.45) is 0 Å². The third kappa shape index (κ3) is 0.739. The van der Waals surface area contributed by atoms with Crippen LogP contribution in [-0.4, -0.2) is 5.78 Å². The minimum absolute atomic E-state index is 0. The molecule has 1 nitrogen and oxygen atoms in total. The van der Waals surface area contributed by atoms with E-state index in [0.29, 0.717) is 0 Å². The van der Waals surface area contributed by atoms with Crippen LogP contribution in [0.1, 0.15) is 21.3 Å². The third-order valence-corrected chi connectivity index (χ3v) is 2.28. The van der Waals surface area contributed by atoms with E-state index in [-0.39, 0.29) is 13.2 Å². The molecule has 0 spiro atoms. The van der Waals surface area contributed by atoms with Gasteiger partial charge < -0.3 is 0 Å². The molecule has 0 aliphatic heterocycles. The highest BCUT2D eigenvalue weighted by atomic mass is 16.1. The van der Waals surface area contributed by atoms with Gasteiger partial charge in [-0.1, -0.05) is 19.6 Å². The summed E-state index contributed by atoms with van der Waals surface area (Å²) in [4.78, 5) is 11.2. The van der Waals surface area contributed by atoms with Crippen LogP contribution in [0.3, 0.4) is 0 Å². The molecule has 0 saturated carbocycles. The van der Waals surface area contributed by atoms with Crippen LogP contribution in [0.25, 0.3) is 0 Å². The Kier molecular flexibility index (Phi) is 1.59. The molecule has 0 radical (unpaired) electrons. The number of rotatable bonds is 0. The minimum atomic E-state index is 0. The van der Waals surface area contributed by atoms with Crippen LogP contribution in [0.2, 0.25) is 0 Å². The number of ketones is 1. The maximum atomic E-state index is 11.2. The summed E-state index contributed by atoms with van der Waals surface area (Å²) >= 11 is 0. The van der Waals surface area contributed by atoms with Crippen molar-refractivity contribution in [2.45, 2.75) is 21.3 Å². The number of allylic oxidation sites excluding steroid dienone is 6. The Hall–Kier alpha value is -1.11. The first-order valence-corrected chi connectivity index (χ1v) is 3.36. The molecule has 0 fully saturated rings. The van der Waals surface area contributed by atoms with Crippen molar-refractivity contribution in [3.8, 4) is 0 Å². The number of Topliss-reactive ketones (excluding diaryl/α,β-unsaturated/α-hetero) is 1. The van der Waals surface area contributed by atoms with Gasteiger partial charge in [-0.05, 0) is 25.0 Å². The quantitative estimate of drug-likeness (QED) is 0.515. The molecule has 58 valence electrons. The van der Waals surface area contributed by atoms with E-state index >= 15 is 0 Å². The van der Waals surface area contributed by atoms with E-state index in [1.807, 2.05) is 26.0 Å². The van der Waals surface area contributed by atoms with Gasteiger partial charge in [0.05, 0.1) is 0 Å².